The van der Waals surface area contributed by atoms with E-state index in [1.165, 1.54) is 26.2 Å². The van der Waals surface area contributed by atoms with Gasteiger partial charge in [-0.25, -0.2) is 0 Å². The van der Waals surface area contributed by atoms with Gasteiger partial charge in [-0.2, -0.15) is 0 Å². The summed E-state index contributed by atoms with van der Waals surface area (Å²) in [7, 11) is 0. The average molecular weight is 212 g/mol. The molecule has 3 nitrogen and oxygen atoms in total. The minimum Gasteiger partial charge on any atom is -0.473 e. The fraction of sp³-hybridized carbons (Fsp3) is 0.583. The molecule has 1 heterocycles. The number of esters is 1. The van der Waals surface area contributed by atoms with E-state index in [0.29, 0.717) is 6.61 Å². The van der Waals surface area contributed by atoms with Crippen LogP contribution in [0.4, 0.5) is 0 Å². The maximum absolute atomic E-state index is 10.3. The molecule has 1 rings (SSSR count). The van der Waals surface area contributed by atoms with Gasteiger partial charge in [-0.1, -0.05) is 26.2 Å². The first-order valence-electron chi connectivity index (χ1n) is 5.38. The molecule has 1 aromatic rings. The number of hydrogen-bond acceptors (Lipinski definition) is 3. The second-order valence-electron chi connectivity index (χ2n) is 3.19. The van der Waals surface area contributed by atoms with E-state index in [2.05, 4.69) is 11.3 Å². The molecule has 86 valence electrons. The van der Waals surface area contributed by atoms with Crippen LogP contribution < -0.4 is 0 Å². The van der Waals surface area contributed by atoms with Gasteiger partial charge < -0.3 is 9.15 Å². The van der Waals surface area contributed by atoms with Crippen LogP contribution in [0.15, 0.2) is 29.1 Å². The summed E-state index contributed by atoms with van der Waals surface area (Å²) >= 11 is 0. The van der Waals surface area contributed by atoms with Crippen molar-refractivity contribution in [3.8, 4) is 0 Å². The van der Waals surface area contributed by atoms with Crippen LogP contribution in [0.5, 0.6) is 0 Å². The number of rotatable bonds is 5. The van der Waals surface area contributed by atoms with Gasteiger partial charge in [0, 0.05) is 6.92 Å². The summed E-state index contributed by atoms with van der Waals surface area (Å²) in [5, 5.41) is 0. The molecule has 3 heteroatoms. The molecule has 15 heavy (non-hydrogen) atoms. The topological polar surface area (TPSA) is 39.4 Å². The van der Waals surface area contributed by atoms with Crippen molar-refractivity contribution in [3.05, 3.63) is 24.7 Å². The van der Waals surface area contributed by atoms with Crippen molar-refractivity contribution in [2.24, 2.45) is 0 Å². The summed E-state index contributed by atoms with van der Waals surface area (Å²) in [5.41, 5.74) is 0. The highest BCUT2D eigenvalue weighted by atomic mass is 16.5. The van der Waals surface area contributed by atoms with Crippen LogP contribution in [0.25, 0.3) is 0 Å². The van der Waals surface area contributed by atoms with E-state index in [1.54, 1.807) is 12.5 Å². The Bertz CT molecular complexity index is 200. The SMILES string of the molecule is CCCCCCOC(C)=O.c1ccoc1. The molecule has 0 aliphatic heterocycles. The van der Waals surface area contributed by atoms with E-state index in [4.69, 9.17) is 4.74 Å². The van der Waals surface area contributed by atoms with Gasteiger partial charge in [0.1, 0.15) is 0 Å². The molecular formula is C12H20O3. The van der Waals surface area contributed by atoms with Gasteiger partial charge >= 0.3 is 5.97 Å². The normalized spacial score (nSPS) is 8.93. The van der Waals surface area contributed by atoms with Gasteiger partial charge in [0.25, 0.3) is 0 Å². The molecule has 0 fully saturated rings. The van der Waals surface area contributed by atoms with E-state index in [1.807, 2.05) is 12.1 Å². The van der Waals surface area contributed by atoms with Crippen LogP contribution in [0.1, 0.15) is 39.5 Å². The Hall–Kier alpha value is -1.25. The van der Waals surface area contributed by atoms with E-state index in [-0.39, 0.29) is 5.97 Å². The van der Waals surface area contributed by atoms with Crippen molar-refractivity contribution in [1.29, 1.82) is 0 Å². The number of carbonyl (C=O) groups excluding carboxylic acids is 1. The lowest BCUT2D eigenvalue weighted by molar-refractivity contribution is -0.141. The standard InChI is InChI=1S/C8H16O2.C4H4O/c1-3-4-5-6-7-10-8(2)9;1-2-4-5-3-1/h3-7H2,1-2H3;1-4H. The summed E-state index contributed by atoms with van der Waals surface area (Å²) < 4.78 is 9.33. The Morgan fingerprint density at radius 1 is 1.20 bits per heavy atom. The largest absolute Gasteiger partial charge is 0.473 e. The summed E-state index contributed by atoms with van der Waals surface area (Å²) in [6, 6.07) is 3.67. The van der Waals surface area contributed by atoms with Gasteiger partial charge in [-0.05, 0) is 18.6 Å². The first kappa shape index (κ1) is 13.8. The third-order valence-corrected chi connectivity index (χ3v) is 1.73. The quantitative estimate of drug-likeness (QED) is 0.554. The fourth-order valence-corrected chi connectivity index (χ4v) is 0.972. The zero-order chi connectivity index (χ0) is 11.4. The minimum absolute atomic E-state index is 0.170. The zero-order valence-electron chi connectivity index (χ0n) is 9.57. The van der Waals surface area contributed by atoms with Crippen molar-refractivity contribution < 1.29 is 13.9 Å². The Balaban J connectivity index is 0.000000322. The lowest BCUT2D eigenvalue weighted by atomic mass is 10.2. The predicted molar refractivity (Wildman–Crippen MR) is 59.5 cm³/mol. The number of furan rings is 1. The lowest BCUT2D eigenvalue weighted by Gasteiger charge is -1.99. The number of hydrogen-bond donors (Lipinski definition) is 0. The monoisotopic (exact) mass is 212 g/mol. The molecule has 0 saturated carbocycles. The third kappa shape index (κ3) is 12.8. The Kier molecular flexibility index (Phi) is 9.93. The Morgan fingerprint density at radius 2 is 1.87 bits per heavy atom. The molecule has 0 aliphatic rings. The van der Waals surface area contributed by atoms with E-state index in [0.717, 1.165) is 6.42 Å². The Morgan fingerprint density at radius 3 is 2.27 bits per heavy atom. The van der Waals surface area contributed by atoms with Crippen LogP contribution in [0.2, 0.25) is 0 Å². The van der Waals surface area contributed by atoms with Crippen LogP contribution in [0, 0.1) is 0 Å². The van der Waals surface area contributed by atoms with Gasteiger partial charge in [0.2, 0.25) is 0 Å². The van der Waals surface area contributed by atoms with Crippen molar-refractivity contribution >= 4 is 5.97 Å². The van der Waals surface area contributed by atoms with Crippen LogP contribution in [0.3, 0.4) is 0 Å². The molecular weight excluding hydrogens is 192 g/mol. The molecule has 0 spiro atoms. The molecule has 0 aromatic carbocycles. The van der Waals surface area contributed by atoms with Gasteiger partial charge in [0.05, 0.1) is 19.1 Å². The highest BCUT2D eigenvalue weighted by molar-refractivity contribution is 5.65. The van der Waals surface area contributed by atoms with Crippen LogP contribution in [-0.4, -0.2) is 12.6 Å². The summed E-state index contributed by atoms with van der Waals surface area (Å²) in [6.07, 6.45) is 7.89. The second-order valence-corrected chi connectivity index (χ2v) is 3.19. The van der Waals surface area contributed by atoms with Crippen molar-refractivity contribution in [1.82, 2.24) is 0 Å². The van der Waals surface area contributed by atoms with Gasteiger partial charge in [-0.15, -0.1) is 0 Å². The smallest absolute Gasteiger partial charge is 0.302 e. The maximum atomic E-state index is 10.3. The number of unbranched alkanes of at least 4 members (excludes halogenated alkanes) is 3. The first-order valence-corrected chi connectivity index (χ1v) is 5.38. The van der Waals surface area contributed by atoms with E-state index in [9.17, 15) is 4.79 Å². The lowest BCUT2D eigenvalue weighted by Crippen LogP contribution is -1.99. The van der Waals surface area contributed by atoms with E-state index >= 15 is 0 Å². The number of carbonyl (C=O) groups is 1. The molecule has 0 amide bonds. The fourth-order valence-electron chi connectivity index (χ4n) is 0.972. The van der Waals surface area contributed by atoms with Crippen molar-refractivity contribution in [2.45, 2.75) is 39.5 Å². The first-order chi connectivity index (χ1) is 7.27. The van der Waals surface area contributed by atoms with Crippen molar-refractivity contribution in [2.75, 3.05) is 6.61 Å². The van der Waals surface area contributed by atoms with Crippen LogP contribution >= 0.6 is 0 Å². The molecule has 0 saturated heterocycles. The third-order valence-electron chi connectivity index (χ3n) is 1.73. The summed E-state index contributed by atoms with van der Waals surface area (Å²) in [6.45, 7) is 4.20. The van der Waals surface area contributed by atoms with Gasteiger partial charge in [-0.3, -0.25) is 4.79 Å². The summed E-state index contributed by atoms with van der Waals surface area (Å²) in [5.74, 6) is -0.170. The second kappa shape index (κ2) is 10.8. The van der Waals surface area contributed by atoms with Gasteiger partial charge in [0.15, 0.2) is 0 Å². The maximum Gasteiger partial charge on any atom is 0.302 e. The Labute approximate surface area is 91.4 Å². The molecule has 0 atom stereocenters. The zero-order valence-corrected chi connectivity index (χ0v) is 9.57. The summed E-state index contributed by atoms with van der Waals surface area (Å²) in [4.78, 5) is 10.3. The molecule has 0 radical (unpaired) electrons. The molecule has 0 N–H and O–H groups in total. The minimum atomic E-state index is -0.170. The molecule has 0 bridgehead atoms. The molecule has 0 unspecified atom stereocenters. The predicted octanol–water partition coefficient (Wildman–Crippen LogP) is 3.41. The number of ether oxygens (including phenoxy) is 1. The molecule has 1 aromatic heterocycles. The molecule has 0 aliphatic carbocycles. The van der Waals surface area contributed by atoms with E-state index < -0.39 is 0 Å². The van der Waals surface area contributed by atoms with Crippen molar-refractivity contribution in [3.63, 3.8) is 0 Å². The highest BCUT2D eigenvalue weighted by Gasteiger charge is 1.91. The highest BCUT2D eigenvalue weighted by Crippen LogP contribution is 1.98. The van der Waals surface area contributed by atoms with Crippen LogP contribution in [-0.2, 0) is 9.53 Å². The average Bonchev–Trinajstić information content (AvgIpc) is 2.75.